The van der Waals surface area contributed by atoms with E-state index in [0.717, 1.165) is 29.7 Å². The van der Waals surface area contributed by atoms with Crippen LogP contribution in [-0.2, 0) is 0 Å². The summed E-state index contributed by atoms with van der Waals surface area (Å²) < 4.78 is 1.08. The highest BCUT2D eigenvalue weighted by Gasteiger charge is 2.24. The van der Waals surface area contributed by atoms with Crippen LogP contribution in [0.2, 0.25) is 5.28 Å². The molecule has 0 atom stereocenters. The molecular formula is C11H17BrClN3S. The molecule has 0 unspecified atom stereocenters. The average Bonchev–Trinajstić information content (AvgIpc) is 2.35. The Labute approximate surface area is 120 Å². The summed E-state index contributed by atoms with van der Waals surface area (Å²) in [5.74, 6) is 0.755. The Bertz CT molecular complexity index is 363. The van der Waals surface area contributed by atoms with Crippen molar-refractivity contribution in [3.8, 4) is 0 Å². The summed E-state index contributed by atoms with van der Waals surface area (Å²) in [6.07, 6.45) is 6.05. The number of halogens is 2. The number of rotatable bonds is 6. The summed E-state index contributed by atoms with van der Waals surface area (Å²) >= 11 is 11.1. The molecule has 17 heavy (non-hydrogen) atoms. The lowest BCUT2D eigenvalue weighted by molar-refractivity contribution is 0.573. The maximum absolute atomic E-state index is 5.78. The van der Waals surface area contributed by atoms with Gasteiger partial charge in [-0.25, -0.2) is 4.98 Å². The number of thioether (sulfide) groups is 1. The molecule has 1 aromatic heterocycles. The van der Waals surface area contributed by atoms with Crippen LogP contribution in [0.15, 0.2) is 10.7 Å². The lowest BCUT2D eigenvalue weighted by Gasteiger charge is -2.30. The van der Waals surface area contributed by atoms with Crippen molar-refractivity contribution in [3.05, 3.63) is 16.0 Å². The van der Waals surface area contributed by atoms with Crippen molar-refractivity contribution in [1.29, 1.82) is 0 Å². The summed E-state index contributed by atoms with van der Waals surface area (Å²) in [5.41, 5.74) is 0. The van der Waals surface area contributed by atoms with Gasteiger partial charge in [0.1, 0.15) is 5.82 Å². The fraction of sp³-hybridized carbons (Fsp3) is 0.636. The van der Waals surface area contributed by atoms with Gasteiger partial charge >= 0.3 is 0 Å². The Balaban J connectivity index is 2.75. The first kappa shape index (κ1) is 15.1. The van der Waals surface area contributed by atoms with Gasteiger partial charge in [0, 0.05) is 17.5 Å². The lowest BCUT2D eigenvalue weighted by atomic mass is 10.0. The highest BCUT2D eigenvalue weighted by atomic mass is 79.9. The first-order valence-corrected chi connectivity index (χ1v) is 7.93. The number of aromatic nitrogens is 2. The molecule has 1 N–H and O–H groups in total. The molecule has 0 bridgehead atoms. The predicted molar refractivity (Wildman–Crippen MR) is 80.1 cm³/mol. The van der Waals surface area contributed by atoms with Crippen molar-refractivity contribution in [2.45, 2.75) is 31.4 Å². The van der Waals surface area contributed by atoms with Gasteiger partial charge in [0.25, 0.3) is 0 Å². The van der Waals surface area contributed by atoms with Gasteiger partial charge in [-0.1, -0.05) is 13.8 Å². The normalized spacial score (nSPS) is 11.6. The fourth-order valence-electron chi connectivity index (χ4n) is 1.58. The summed E-state index contributed by atoms with van der Waals surface area (Å²) in [7, 11) is 0. The Morgan fingerprint density at radius 3 is 2.65 bits per heavy atom. The molecule has 1 rings (SSSR count). The molecule has 0 aromatic carbocycles. The third-order valence-corrected chi connectivity index (χ3v) is 5.36. The van der Waals surface area contributed by atoms with Crippen LogP contribution in [0.4, 0.5) is 5.82 Å². The lowest BCUT2D eigenvalue weighted by Crippen LogP contribution is -2.32. The van der Waals surface area contributed by atoms with Gasteiger partial charge in [0.15, 0.2) is 0 Å². The second-order valence-electron chi connectivity index (χ2n) is 3.78. The quantitative estimate of drug-likeness (QED) is 0.788. The van der Waals surface area contributed by atoms with E-state index in [1.165, 1.54) is 0 Å². The minimum atomic E-state index is 0.247. The molecule has 0 fully saturated rings. The molecule has 0 saturated heterocycles. The van der Waals surface area contributed by atoms with Gasteiger partial charge in [-0.05, 0) is 46.6 Å². The SMILES string of the molecule is CCC(CC)(CNc1nc(Cl)ncc1Br)SC. The van der Waals surface area contributed by atoms with Gasteiger partial charge in [0.2, 0.25) is 5.28 Å². The summed E-state index contributed by atoms with van der Waals surface area (Å²) in [6.45, 7) is 5.29. The number of hydrogen-bond donors (Lipinski definition) is 1. The largest absolute Gasteiger partial charge is 0.368 e. The van der Waals surface area contributed by atoms with Crippen LogP contribution in [0.1, 0.15) is 26.7 Å². The van der Waals surface area contributed by atoms with Crippen molar-refractivity contribution in [3.63, 3.8) is 0 Å². The van der Waals surface area contributed by atoms with Crippen molar-refractivity contribution in [2.75, 3.05) is 18.1 Å². The monoisotopic (exact) mass is 337 g/mol. The first-order chi connectivity index (χ1) is 8.06. The van der Waals surface area contributed by atoms with Crippen LogP contribution < -0.4 is 5.32 Å². The van der Waals surface area contributed by atoms with Crippen LogP contribution in [0, 0.1) is 0 Å². The third-order valence-electron chi connectivity index (χ3n) is 3.01. The topological polar surface area (TPSA) is 37.8 Å². The van der Waals surface area contributed by atoms with Crippen molar-refractivity contribution in [1.82, 2.24) is 9.97 Å². The zero-order chi connectivity index (χ0) is 12.9. The molecule has 1 aromatic rings. The Kier molecular flexibility index (Phi) is 6.03. The van der Waals surface area contributed by atoms with Crippen LogP contribution in [0.3, 0.4) is 0 Å². The number of nitrogens with one attached hydrogen (secondary N) is 1. The molecule has 96 valence electrons. The van der Waals surface area contributed by atoms with E-state index in [9.17, 15) is 0 Å². The van der Waals surface area contributed by atoms with E-state index in [1.54, 1.807) is 6.20 Å². The zero-order valence-corrected chi connectivity index (χ0v) is 13.4. The average molecular weight is 339 g/mol. The van der Waals surface area contributed by atoms with Crippen molar-refractivity contribution >= 4 is 45.1 Å². The van der Waals surface area contributed by atoms with E-state index in [1.807, 2.05) is 11.8 Å². The standard InChI is InChI=1S/C11H17BrClN3S/c1-4-11(5-2,17-3)7-15-9-8(12)6-14-10(13)16-9/h6H,4-5,7H2,1-3H3,(H,14,15,16). The second kappa shape index (κ2) is 6.81. The Hall–Kier alpha value is -0.000000000000000111. The summed E-state index contributed by atoms with van der Waals surface area (Å²) in [4.78, 5) is 8.07. The van der Waals surface area contributed by atoms with Gasteiger partial charge in [-0.3, -0.25) is 0 Å². The van der Waals surface area contributed by atoms with Gasteiger partial charge in [-0.15, -0.1) is 0 Å². The van der Waals surface area contributed by atoms with E-state index < -0.39 is 0 Å². The van der Waals surface area contributed by atoms with E-state index in [2.05, 4.69) is 51.3 Å². The molecule has 6 heteroatoms. The molecule has 0 spiro atoms. The molecule has 0 aliphatic rings. The molecule has 0 aliphatic heterocycles. The maximum atomic E-state index is 5.78. The first-order valence-electron chi connectivity index (χ1n) is 5.54. The predicted octanol–water partition coefficient (Wildman–Crippen LogP) is 4.23. The van der Waals surface area contributed by atoms with E-state index in [4.69, 9.17) is 11.6 Å². The van der Waals surface area contributed by atoms with Gasteiger partial charge in [0.05, 0.1) is 4.47 Å². The minimum Gasteiger partial charge on any atom is -0.368 e. The van der Waals surface area contributed by atoms with Crippen LogP contribution in [0.5, 0.6) is 0 Å². The van der Waals surface area contributed by atoms with Gasteiger partial charge in [-0.2, -0.15) is 16.7 Å². The number of hydrogen-bond acceptors (Lipinski definition) is 4. The van der Waals surface area contributed by atoms with Crippen molar-refractivity contribution in [2.24, 2.45) is 0 Å². The molecule has 1 heterocycles. The van der Waals surface area contributed by atoms with Crippen LogP contribution >= 0.6 is 39.3 Å². The molecule has 0 amide bonds. The minimum absolute atomic E-state index is 0.247. The molecular weight excluding hydrogens is 322 g/mol. The van der Waals surface area contributed by atoms with E-state index >= 15 is 0 Å². The molecule has 0 saturated carbocycles. The van der Waals surface area contributed by atoms with E-state index in [-0.39, 0.29) is 10.0 Å². The van der Waals surface area contributed by atoms with Crippen LogP contribution in [0.25, 0.3) is 0 Å². The van der Waals surface area contributed by atoms with E-state index in [0.29, 0.717) is 0 Å². The Morgan fingerprint density at radius 1 is 1.47 bits per heavy atom. The van der Waals surface area contributed by atoms with Gasteiger partial charge < -0.3 is 5.32 Å². The summed E-state index contributed by atoms with van der Waals surface area (Å²) in [6, 6.07) is 0. The highest BCUT2D eigenvalue weighted by Crippen LogP contribution is 2.31. The maximum Gasteiger partial charge on any atom is 0.224 e. The molecule has 3 nitrogen and oxygen atoms in total. The van der Waals surface area contributed by atoms with Crippen molar-refractivity contribution < 1.29 is 0 Å². The number of nitrogens with zero attached hydrogens (tertiary/aromatic N) is 2. The van der Waals surface area contributed by atoms with Crippen LogP contribution in [-0.4, -0.2) is 27.5 Å². The molecule has 0 radical (unpaired) electrons. The Morgan fingerprint density at radius 2 is 2.12 bits per heavy atom. The zero-order valence-electron chi connectivity index (χ0n) is 10.3. The smallest absolute Gasteiger partial charge is 0.224 e. The second-order valence-corrected chi connectivity index (χ2v) is 6.25. The third kappa shape index (κ3) is 4.00. The fourth-order valence-corrected chi connectivity index (χ4v) is 2.83. The summed E-state index contributed by atoms with van der Waals surface area (Å²) in [5, 5.41) is 3.61. The highest BCUT2D eigenvalue weighted by molar-refractivity contribution is 9.10. The molecule has 0 aliphatic carbocycles. The number of anilines is 1.